The van der Waals surface area contributed by atoms with E-state index in [1.807, 2.05) is 28.8 Å². The van der Waals surface area contributed by atoms with E-state index in [1.54, 1.807) is 18.3 Å². The van der Waals surface area contributed by atoms with Gasteiger partial charge in [0, 0.05) is 36.7 Å². The number of allylic oxidation sites excluding steroid dienone is 1. The highest BCUT2D eigenvalue weighted by atomic mass is 35.5. The minimum absolute atomic E-state index is 0.0985. The van der Waals surface area contributed by atoms with Gasteiger partial charge in [0.05, 0.1) is 22.5 Å². The Labute approximate surface area is 181 Å². The average molecular weight is 450 g/mol. The van der Waals surface area contributed by atoms with Gasteiger partial charge in [-0.05, 0) is 53.6 Å². The minimum atomic E-state index is -3.24. The fraction of sp³-hybridized carbons (Fsp3) is 0.318. The number of halogens is 2. The van der Waals surface area contributed by atoms with Crippen molar-refractivity contribution >= 4 is 32.6 Å². The molecular weight excluding hydrogens is 425 g/mol. The smallest absolute Gasteiger partial charge is 0.175 e. The Hall–Kier alpha value is -2.22. The van der Waals surface area contributed by atoms with E-state index in [0.717, 1.165) is 27.9 Å². The molecule has 0 saturated heterocycles. The summed E-state index contributed by atoms with van der Waals surface area (Å²) in [5, 5.41) is 0. The molecule has 3 rings (SSSR count). The molecule has 0 fully saturated rings. The van der Waals surface area contributed by atoms with Crippen LogP contribution >= 0.6 is 11.8 Å². The predicted octanol–water partition coefficient (Wildman–Crippen LogP) is 4.75. The molecule has 0 radical (unpaired) electrons. The highest BCUT2D eigenvalue weighted by molar-refractivity contribution is 7.90. The number of hydrogen-bond donors (Lipinski definition) is 1. The van der Waals surface area contributed by atoms with Crippen LogP contribution in [0.3, 0.4) is 0 Å². The Bertz CT molecular complexity index is 1170. The van der Waals surface area contributed by atoms with Crippen molar-refractivity contribution in [3.63, 3.8) is 0 Å². The fourth-order valence-electron chi connectivity index (χ4n) is 3.69. The highest BCUT2D eigenvalue weighted by Crippen LogP contribution is 2.32. The zero-order valence-corrected chi connectivity index (χ0v) is 18.8. The number of nitrogens with one attached hydrogen (secondary N) is 1. The average Bonchev–Trinajstić information content (AvgIpc) is 3.00. The molecule has 0 saturated carbocycles. The maximum atomic E-state index is 14.5. The normalized spacial score (nSPS) is 12.8. The van der Waals surface area contributed by atoms with E-state index >= 15 is 0 Å². The van der Waals surface area contributed by atoms with Gasteiger partial charge in [-0.2, -0.15) is 0 Å². The van der Waals surface area contributed by atoms with Gasteiger partial charge in [-0.3, -0.25) is 4.98 Å². The Morgan fingerprint density at radius 2 is 1.97 bits per heavy atom. The topological polar surface area (TPSA) is 64.0 Å². The lowest BCUT2D eigenvalue weighted by Gasteiger charge is -2.15. The van der Waals surface area contributed by atoms with Crippen molar-refractivity contribution in [3.05, 3.63) is 71.3 Å². The SMILES string of the molecule is CC(C)c1c(Cc2ccc(S(C)(=O)=O)cc2)c2ncccc2n1C/C(F)=C/CNCl. The first-order valence-corrected chi connectivity index (χ1v) is 11.9. The number of nitrogens with zero attached hydrogens (tertiary/aromatic N) is 2. The van der Waals surface area contributed by atoms with Crippen LogP contribution in [0.2, 0.25) is 0 Å². The molecule has 2 heterocycles. The van der Waals surface area contributed by atoms with Crippen molar-refractivity contribution < 1.29 is 12.8 Å². The van der Waals surface area contributed by atoms with E-state index in [9.17, 15) is 12.8 Å². The molecule has 0 amide bonds. The van der Waals surface area contributed by atoms with Gasteiger partial charge in [0.2, 0.25) is 0 Å². The van der Waals surface area contributed by atoms with Gasteiger partial charge < -0.3 is 4.57 Å². The molecule has 0 atom stereocenters. The first kappa shape index (κ1) is 22.5. The van der Waals surface area contributed by atoms with Crippen LogP contribution in [0.1, 0.15) is 36.6 Å². The molecule has 0 aliphatic carbocycles. The lowest BCUT2D eigenvalue weighted by molar-refractivity contribution is 0.544. The molecule has 2 aromatic heterocycles. The fourth-order valence-corrected chi connectivity index (χ4v) is 4.40. The van der Waals surface area contributed by atoms with Crippen molar-refractivity contribution in [3.8, 4) is 0 Å². The molecule has 160 valence electrons. The van der Waals surface area contributed by atoms with Crippen LogP contribution in [0.25, 0.3) is 11.0 Å². The number of fused-ring (bicyclic) bond motifs is 1. The monoisotopic (exact) mass is 449 g/mol. The molecule has 3 aromatic rings. The molecule has 0 bridgehead atoms. The maximum absolute atomic E-state index is 14.5. The molecule has 0 unspecified atom stereocenters. The first-order chi connectivity index (χ1) is 14.2. The van der Waals surface area contributed by atoms with Gasteiger partial charge in [0.1, 0.15) is 5.83 Å². The van der Waals surface area contributed by atoms with Crippen LogP contribution in [0, 0.1) is 0 Å². The second-order valence-corrected chi connectivity index (χ2v) is 9.84. The van der Waals surface area contributed by atoms with Crippen molar-refractivity contribution in [1.29, 1.82) is 0 Å². The van der Waals surface area contributed by atoms with Crippen molar-refractivity contribution in [1.82, 2.24) is 14.4 Å². The zero-order valence-electron chi connectivity index (χ0n) is 17.2. The summed E-state index contributed by atoms with van der Waals surface area (Å²) in [6.07, 6.45) is 4.92. The molecule has 8 heteroatoms. The molecule has 5 nitrogen and oxygen atoms in total. The molecule has 1 aromatic carbocycles. The van der Waals surface area contributed by atoms with Crippen LogP contribution < -0.4 is 4.84 Å². The first-order valence-electron chi connectivity index (χ1n) is 9.65. The molecule has 0 aliphatic heterocycles. The number of rotatable bonds is 8. The summed E-state index contributed by atoms with van der Waals surface area (Å²) in [6, 6.07) is 10.7. The van der Waals surface area contributed by atoms with E-state index in [1.165, 1.54) is 12.3 Å². The summed E-state index contributed by atoms with van der Waals surface area (Å²) < 4.78 is 39.9. The van der Waals surface area contributed by atoms with Gasteiger partial charge in [0.15, 0.2) is 9.84 Å². The second-order valence-electron chi connectivity index (χ2n) is 7.56. The standard InChI is InChI=1S/C22H25ClFN3O2S/c1-15(2)22-19(13-16-6-8-18(9-7-16)30(3,28)29)21-20(5-4-11-25-21)27(22)14-17(24)10-12-26-23/h4-11,15,26H,12-14H2,1-3H3/b17-10-. The van der Waals surface area contributed by atoms with Crippen molar-refractivity contribution in [2.24, 2.45) is 0 Å². The van der Waals surface area contributed by atoms with E-state index in [0.29, 0.717) is 6.42 Å². The lowest BCUT2D eigenvalue weighted by atomic mass is 9.99. The number of hydrogen-bond acceptors (Lipinski definition) is 4. The molecule has 30 heavy (non-hydrogen) atoms. The molecule has 0 aliphatic rings. The zero-order chi connectivity index (χ0) is 21.9. The Balaban J connectivity index is 2.09. The summed E-state index contributed by atoms with van der Waals surface area (Å²) in [5.74, 6) is -0.140. The van der Waals surface area contributed by atoms with Gasteiger partial charge in [-0.1, -0.05) is 26.0 Å². The number of sulfone groups is 1. The Kier molecular flexibility index (Phi) is 6.95. The van der Waals surface area contributed by atoms with Crippen LogP contribution in [0.5, 0.6) is 0 Å². The van der Waals surface area contributed by atoms with E-state index in [-0.39, 0.29) is 29.7 Å². The van der Waals surface area contributed by atoms with E-state index in [2.05, 4.69) is 23.7 Å². The molecular formula is C22H25ClFN3O2S. The Morgan fingerprint density at radius 1 is 1.27 bits per heavy atom. The Morgan fingerprint density at radius 3 is 2.57 bits per heavy atom. The van der Waals surface area contributed by atoms with Gasteiger partial charge in [-0.15, -0.1) is 0 Å². The van der Waals surface area contributed by atoms with Crippen molar-refractivity contribution in [2.75, 3.05) is 12.8 Å². The summed E-state index contributed by atoms with van der Waals surface area (Å²) in [6.45, 7) is 4.48. The second kappa shape index (κ2) is 9.29. The third kappa shape index (κ3) is 4.91. The van der Waals surface area contributed by atoms with Crippen LogP contribution in [-0.2, 0) is 22.8 Å². The molecule has 0 spiro atoms. The molecule has 1 N–H and O–H groups in total. The van der Waals surface area contributed by atoms with Crippen LogP contribution in [-0.4, -0.2) is 30.8 Å². The summed E-state index contributed by atoms with van der Waals surface area (Å²) in [4.78, 5) is 7.27. The summed E-state index contributed by atoms with van der Waals surface area (Å²) in [5.41, 5.74) is 4.70. The van der Waals surface area contributed by atoms with E-state index < -0.39 is 9.84 Å². The van der Waals surface area contributed by atoms with Crippen molar-refractivity contribution in [2.45, 2.75) is 37.6 Å². The van der Waals surface area contributed by atoms with Crippen LogP contribution in [0.15, 0.2) is 59.4 Å². The lowest BCUT2D eigenvalue weighted by Crippen LogP contribution is -2.08. The van der Waals surface area contributed by atoms with Gasteiger partial charge in [0.25, 0.3) is 0 Å². The van der Waals surface area contributed by atoms with Gasteiger partial charge in [-0.25, -0.2) is 17.6 Å². The predicted molar refractivity (Wildman–Crippen MR) is 119 cm³/mol. The number of pyridine rings is 1. The van der Waals surface area contributed by atoms with E-state index in [4.69, 9.17) is 11.8 Å². The third-order valence-electron chi connectivity index (χ3n) is 4.95. The minimum Gasteiger partial charge on any atom is -0.336 e. The summed E-state index contributed by atoms with van der Waals surface area (Å²) >= 11 is 5.44. The van der Waals surface area contributed by atoms with Gasteiger partial charge >= 0.3 is 0 Å². The van der Waals surface area contributed by atoms with Crippen LogP contribution in [0.4, 0.5) is 4.39 Å². The summed E-state index contributed by atoms with van der Waals surface area (Å²) in [7, 11) is -3.24. The quantitative estimate of drug-likeness (QED) is 0.504. The number of aromatic nitrogens is 2. The third-order valence-corrected chi connectivity index (χ3v) is 6.23. The number of benzene rings is 1. The maximum Gasteiger partial charge on any atom is 0.175 e. The highest BCUT2D eigenvalue weighted by Gasteiger charge is 2.21. The largest absolute Gasteiger partial charge is 0.336 e.